The van der Waals surface area contributed by atoms with E-state index in [-0.39, 0.29) is 25.2 Å². The summed E-state index contributed by atoms with van der Waals surface area (Å²) in [6.45, 7) is 4.73. The number of nitrogen functional groups attached to an aromatic ring is 2. The molecule has 0 radical (unpaired) electrons. The van der Waals surface area contributed by atoms with Gasteiger partial charge in [0.2, 0.25) is 0 Å². The average molecular weight is 959 g/mol. The number of nitrogens with two attached hydrogens (primary N) is 3. The van der Waals surface area contributed by atoms with E-state index in [1.165, 1.54) is 14.0 Å². The number of rotatable bonds is 6. The molecule has 17 nitrogen and oxygen atoms in total. The number of ether oxygens (including phenoxy) is 3. The first-order valence-electron chi connectivity index (χ1n) is 23.8. The van der Waals surface area contributed by atoms with Crippen LogP contribution in [0.25, 0.3) is 56.1 Å². The zero-order chi connectivity index (χ0) is 48.6. The summed E-state index contributed by atoms with van der Waals surface area (Å²) in [4.78, 5) is 40.5. The molecule has 12 rings (SSSR count). The third-order valence-corrected chi connectivity index (χ3v) is 13.0. The van der Waals surface area contributed by atoms with Gasteiger partial charge in [-0.1, -0.05) is 80.2 Å². The standard InChI is InChI=1S/C25H26N6O.C20H15N5O.C5H11NO.C3H6O2.CH4/c26-24-19-7-9-22(29-18-10-12-32-13-11-18)23(19)30-25-20(15-28-31(24)25)17-6-8-21(27-14-17)16-4-2-1-3-5-16;21-19-14-7-9-17(26)18(14)24-20-15(11-23-25(19)20)13-6-8-16(22-10-13)12-4-2-1-3-5-12;6-5-1-3-7-4-2-5;1-3(4)5-2;/h1-6,8,14-15,18,22,29H,7,9-13,26H2;1-6,8,10-11H,7,9,21H2;5H,1-4,6H2;1-2H3;1H4. The van der Waals surface area contributed by atoms with Crippen LogP contribution in [-0.2, 0) is 31.8 Å². The lowest BCUT2D eigenvalue weighted by Crippen LogP contribution is -2.37. The van der Waals surface area contributed by atoms with E-state index >= 15 is 0 Å². The van der Waals surface area contributed by atoms with Crippen LogP contribution in [0.1, 0.15) is 86.2 Å². The van der Waals surface area contributed by atoms with Gasteiger partial charge in [0.1, 0.15) is 17.3 Å². The number of esters is 1. The highest BCUT2D eigenvalue weighted by atomic mass is 16.5. The zero-order valence-electron chi connectivity index (χ0n) is 39.5. The van der Waals surface area contributed by atoms with E-state index in [0.29, 0.717) is 47.9 Å². The molecular formula is C54H62N12O5. The summed E-state index contributed by atoms with van der Waals surface area (Å²) in [6.07, 6.45) is 14.4. The van der Waals surface area contributed by atoms with Gasteiger partial charge in [-0.2, -0.15) is 19.2 Å². The van der Waals surface area contributed by atoms with Gasteiger partial charge < -0.3 is 36.7 Å². The lowest BCUT2D eigenvalue weighted by molar-refractivity contribution is -0.137. The van der Waals surface area contributed by atoms with Crippen LogP contribution in [-0.4, -0.2) is 96.5 Å². The Morgan fingerprint density at radius 1 is 0.648 bits per heavy atom. The molecular weight excluding hydrogens is 897 g/mol. The Morgan fingerprint density at radius 2 is 1.15 bits per heavy atom. The Labute approximate surface area is 413 Å². The number of fused-ring (bicyclic) bond motifs is 4. The number of aromatic nitrogens is 8. The first-order chi connectivity index (χ1) is 34.2. The van der Waals surface area contributed by atoms with Crippen molar-refractivity contribution in [3.05, 3.63) is 132 Å². The number of hydrogen-bond acceptors (Lipinski definition) is 15. The second-order valence-electron chi connectivity index (χ2n) is 17.6. The van der Waals surface area contributed by atoms with E-state index in [0.717, 1.165) is 132 Å². The molecule has 8 heterocycles. The van der Waals surface area contributed by atoms with Gasteiger partial charge in [0.25, 0.3) is 0 Å². The molecule has 17 heteroatoms. The van der Waals surface area contributed by atoms with Gasteiger partial charge >= 0.3 is 5.97 Å². The molecule has 1 unspecified atom stereocenters. The maximum absolute atomic E-state index is 12.1. The summed E-state index contributed by atoms with van der Waals surface area (Å²) in [5.41, 5.74) is 30.8. The van der Waals surface area contributed by atoms with Crippen molar-refractivity contribution in [2.24, 2.45) is 5.73 Å². The highest BCUT2D eigenvalue weighted by Gasteiger charge is 2.31. The monoisotopic (exact) mass is 958 g/mol. The van der Waals surface area contributed by atoms with Crippen LogP contribution in [0.3, 0.4) is 0 Å². The number of carbonyl (C=O) groups excluding carboxylic acids is 2. The molecule has 0 amide bonds. The maximum Gasteiger partial charge on any atom is 0.302 e. The second kappa shape index (κ2) is 23.0. The number of methoxy groups -OCH3 is 1. The minimum atomic E-state index is -0.245. The third kappa shape index (κ3) is 11.3. The third-order valence-electron chi connectivity index (χ3n) is 13.0. The number of nitrogens with one attached hydrogen (secondary N) is 1. The van der Waals surface area contributed by atoms with Crippen molar-refractivity contribution in [2.75, 3.05) is 45.0 Å². The van der Waals surface area contributed by atoms with Crippen molar-refractivity contribution in [3.8, 4) is 44.8 Å². The minimum Gasteiger partial charge on any atom is -0.469 e. The smallest absolute Gasteiger partial charge is 0.302 e. The number of pyridine rings is 2. The normalized spacial score (nSPS) is 16.3. The van der Waals surface area contributed by atoms with Crippen LogP contribution >= 0.6 is 0 Å². The van der Waals surface area contributed by atoms with Crippen molar-refractivity contribution < 1.29 is 23.8 Å². The molecule has 2 saturated heterocycles. The van der Waals surface area contributed by atoms with E-state index in [2.05, 4.69) is 53.4 Å². The fraction of sp³-hybridized carbons (Fsp3) is 0.333. The first kappa shape index (κ1) is 50.0. The second-order valence-corrected chi connectivity index (χ2v) is 17.6. The van der Waals surface area contributed by atoms with Crippen molar-refractivity contribution in [3.63, 3.8) is 0 Å². The molecule has 71 heavy (non-hydrogen) atoms. The Bertz CT molecular complexity index is 3060. The average Bonchev–Trinajstić information content (AvgIpc) is 4.22. The molecule has 368 valence electrons. The predicted molar refractivity (Wildman–Crippen MR) is 275 cm³/mol. The van der Waals surface area contributed by atoms with Crippen molar-refractivity contribution in [2.45, 2.75) is 83.8 Å². The molecule has 0 bridgehead atoms. The van der Waals surface area contributed by atoms with Crippen LogP contribution in [0.15, 0.2) is 110 Å². The molecule has 7 N–H and O–H groups in total. The van der Waals surface area contributed by atoms with Gasteiger partial charge in [0, 0.05) is 109 Å². The van der Waals surface area contributed by atoms with Crippen molar-refractivity contribution >= 4 is 34.7 Å². The number of carbonyl (C=O) groups is 2. The SMILES string of the molecule is C.COC(C)=O.NC1CCOCC1.Nc1c2c(nc3c(-c4ccc(-c5ccccc5)nc4)cnn13)C(=O)CC2.Nc1c2c(nc3c(-c4ccc(-c5ccccc5)nc4)cnn13)C(NC1CCOCC1)CC2. The van der Waals surface area contributed by atoms with E-state index in [9.17, 15) is 9.59 Å². The lowest BCUT2D eigenvalue weighted by atomic mass is 10.1. The quantitative estimate of drug-likeness (QED) is 0.116. The Balaban J connectivity index is 0.000000155. The number of Topliss-reactive ketones (excluding diaryl/α,β-unsaturated/α-hetero) is 1. The Morgan fingerprint density at radius 3 is 1.63 bits per heavy atom. The lowest BCUT2D eigenvalue weighted by Gasteiger charge is -2.26. The number of benzene rings is 2. The molecule has 1 atom stereocenters. The topological polar surface area (TPSA) is 238 Å². The highest BCUT2D eigenvalue weighted by Crippen LogP contribution is 2.37. The van der Waals surface area contributed by atoms with E-state index in [1.54, 1.807) is 21.4 Å². The maximum atomic E-state index is 12.1. The summed E-state index contributed by atoms with van der Waals surface area (Å²) >= 11 is 0. The van der Waals surface area contributed by atoms with Crippen molar-refractivity contribution in [1.82, 2.24) is 44.5 Å². The van der Waals surface area contributed by atoms with E-state index in [1.807, 2.05) is 79.1 Å². The van der Waals surface area contributed by atoms with Crippen LogP contribution in [0.2, 0.25) is 0 Å². The summed E-state index contributed by atoms with van der Waals surface area (Å²) < 4.78 is 18.1. The predicted octanol–water partition coefficient (Wildman–Crippen LogP) is 7.91. The fourth-order valence-corrected chi connectivity index (χ4v) is 9.02. The molecule has 0 spiro atoms. The van der Waals surface area contributed by atoms with Crippen LogP contribution < -0.4 is 22.5 Å². The summed E-state index contributed by atoms with van der Waals surface area (Å²) in [6, 6.07) is 29.4. The number of ketones is 1. The van der Waals surface area contributed by atoms with Gasteiger partial charge in [-0.15, -0.1) is 0 Å². The van der Waals surface area contributed by atoms with Gasteiger partial charge in [-0.25, -0.2) is 9.97 Å². The minimum absolute atomic E-state index is 0. The van der Waals surface area contributed by atoms with E-state index < -0.39 is 0 Å². The number of hydrogen-bond donors (Lipinski definition) is 4. The number of nitrogens with zero attached hydrogens (tertiary/aromatic N) is 8. The molecule has 2 aliphatic carbocycles. The molecule has 4 aliphatic rings. The van der Waals surface area contributed by atoms with Gasteiger partial charge in [0.05, 0.1) is 42.6 Å². The molecule has 8 aromatic rings. The zero-order valence-corrected chi connectivity index (χ0v) is 39.5. The molecule has 0 saturated carbocycles. The van der Waals surface area contributed by atoms with Crippen LogP contribution in [0.5, 0.6) is 0 Å². The van der Waals surface area contributed by atoms with Crippen molar-refractivity contribution in [1.29, 1.82) is 0 Å². The molecule has 6 aromatic heterocycles. The van der Waals surface area contributed by atoms with Gasteiger partial charge in [0.15, 0.2) is 17.1 Å². The van der Waals surface area contributed by atoms with Gasteiger partial charge in [-0.05, 0) is 57.1 Å². The Kier molecular flexibility index (Phi) is 16.2. The number of anilines is 2. The molecule has 2 fully saturated rings. The van der Waals surface area contributed by atoms with Crippen LogP contribution in [0.4, 0.5) is 11.6 Å². The van der Waals surface area contributed by atoms with Gasteiger partial charge in [-0.3, -0.25) is 19.6 Å². The molecule has 2 aliphatic heterocycles. The fourth-order valence-electron chi connectivity index (χ4n) is 9.02. The van der Waals surface area contributed by atoms with E-state index in [4.69, 9.17) is 31.7 Å². The highest BCUT2D eigenvalue weighted by molar-refractivity contribution is 6.01. The summed E-state index contributed by atoms with van der Waals surface area (Å²) in [5.74, 6) is 0.987. The largest absolute Gasteiger partial charge is 0.469 e. The summed E-state index contributed by atoms with van der Waals surface area (Å²) in [7, 11) is 1.35. The first-order valence-corrected chi connectivity index (χ1v) is 23.8. The Hall–Kier alpha value is -7.44. The summed E-state index contributed by atoms with van der Waals surface area (Å²) in [5, 5.41) is 12.7. The van der Waals surface area contributed by atoms with Crippen LogP contribution in [0, 0.1) is 0 Å². The molecule has 2 aromatic carbocycles.